The van der Waals surface area contributed by atoms with Crippen molar-refractivity contribution in [2.24, 2.45) is 0 Å². The second kappa shape index (κ2) is 5.69. The molecule has 2 aromatic heterocycles. The number of thiazole rings is 2. The van der Waals surface area contributed by atoms with Crippen LogP contribution in [0.3, 0.4) is 0 Å². The first-order valence-corrected chi connectivity index (χ1v) is 8.53. The maximum absolute atomic E-state index is 11.3. The number of hydrogen-bond acceptors (Lipinski definition) is 8. The number of nitrogens with zero attached hydrogens (tertiary/aromatic N) is 3. The van der Waals surface area contributed by atoms with Crippen LogP contribution in [0.1, 0.15) is 0 Å². The summed E-state index contributed by atoms with van der Waals surface area (Å²) in [5, 5.41) is 15.6. The van der Waals surface area contributed by atoms with Crippen LogP contribution in [0, 0.1) is 10.1 Å². The zero-order valence-corrected chi connectivity index (χ0v) is 14.0. The summed E-state index contributed by atoms with van der Waals surface area (Å²) in [6.45, 7) is 0. The fourth-order valence-corrected chi connectivity index (χ4v) is 4.16. The van der Waals surface area contributed by atoms with Gasteiger partial charge in [-0.1, -0.05) is 34.8 Å². The molecule has 2 aromatic carbocycles. The molecule has 0 atom stereocenters. The van der Waals surface area contributed by atoms with E-state index in [0.29, 0.717) is 26.2 Å². The van der Waals surface area contributed by atoms with Crippen LogP contribution in [0.15, 0.2) is 36.4 Å². The molecule has 0 amide bonds. The summed E-state index contributed by atoms with van der Waals surface area (Å²) < 4.78 is 6.87. The zero-order chi connectivity index (χ0) is 16.7. The first kappa shape index (κ1) is 14.8. The Balaban J connectivity index is 1.76. The third-order valence-corrected chi connectivity index (χ3v) is 5.26. The van der Waals surface area contributed by atoms with E-state index in [-0.39, 0.29) is 5.69 Å². The Labute approximate surface area is 143 Å². The Hall–Kier alpha value is -2.78. The SMILES string of the molecule is COc1cc([N+](=O)[O-])c2nc(Nc3nc4ccccc4s3)sc2c1. The van der Waals surface area contributed by atoms with Crippen LogP contribution in [-0.4, -0.2) is 22.0 Å². The molecule has 0 saturated carbocycles. The van der Waals surface area contributed by atoms with Crippen molar-refractivity contribution in [1.82, 2.24) is 9.97 Å². The zero-order valence-electron chi connectivity index (χ0n) is 12.3. The molecule has 4 rings (SSSR count). The molecule has 0 bridgehead atoms. The molecule has 0 radical (unpaired) electrons. The number of benzene rings is 2. The molecule has 0 aliphatic heterocycles. The van der Waals surface area contributed by atoms with Gasteiger partial charge in [-0.3, -0.25) is 10.1 Å². The number of methoxy groups -OCH3 is 1. The Bertz CT molecular complexity index is 1040. The summed E-state index contributed by atoms with van der Waals surface area (Å²) in [6, 6.07) is 10.9. The van der Waals surface area contributed by atoms with Gasteiger partial charge in [0.15, 0.2) is 15.8 Å². The maximum atomic E-state index is 11.3. The van der Waals surface area contributed by atoms with Crippen LogP contribution in [0.5, 0.6) is 5.75 Å². The fourth-order valence-electron chi connectivity index (χ4n) is 2.31. The molecular formula is C15H10N4O3S2. The van der Waals surface area contributed by atoms with Gasteiger partial charge in [0.1, 0.15) is 5.75 Å². The predicted octanol–water partition coefficient (Wildman–Crippen LogP) is 4.57. The quantitative estimate of drug-likeness (QED) is 0.425. The lowest BCUT2D eigenvalue weighted by atomic mass is 10.3. The first-order valence-electron chi connectivity index (χ1n) is 6.89. The Morgan fingerprint density at radius 3 is 2.62 bits per heavy atom. The highest BCUT2D eigenvalue weighted by Crippen LogP contribution is 2.37. The fraction of sp³-hybridized carbons (Fsp3) is 0.0667. The van der Waals surface area contributed by atoms with Crippen LogP contribution in [0.4, 0.5) is 16.0 Å². The van der Waals surface area contributed by atoms with Gasteiger partial charge in [-0.2, -0.15) is 0 Å². The molecule has 4 aromatic rings. The summed E-state index contributed by atoms with van der Waals surface area (Å²) in [4.78, 5) is 19.6. The van der Waals surface area contributed by atoms with Gasteiger partial charge in [-0.15, -0.1) is 0 Å². The monoisotopic (exact) mass is 358 g/mol. The smallest absolute Gasteiger partial charge is 0.300 e. The van der Waals surface area contributed by atoms with E-state index in [1.807, 2.05) is 24.3 Å². The average Bonchev–Trinajstić information content (AvgIpc) is 3.15. The molecule has 0 aliphatic carbocycles. The second-order valence-corrected chi connectivity index (χ2v) is 6.94. The largest absolute Gasteiger partial charge is 0.496 e. The Morgan fingerprint density at radius 1 is 1.12 bits per heavy atom. The third kappa shape index (κ3) is 2.53. The Kier molecular flexibility index (Phi) is 3.51. The second-order valence-electron chi connectivity index (χ2n) is 4.88. The number of aromatic nitrogens is 2. The number of ether oxygens (including phenoxy) is 1. The van der Waals surface area contributed by atoms with Crippen molar-refractivity contribution in [3.63, 3.8) is 0 Å². The van der Waals surface area contributed by atoms with Crippen LogP contribution >= 0.6 is 22.7 Å². The molecule has 7 nitrogen and oxygen atoms in total. The molecule has 0 unspecified atom stereocenters. The number of anilines is 2. The summed E-state index contributed by atoms with van der Waals surface area (Å²) in [7, 11) is 1.48. The van der Waals surface area contributed by atoms with Crippen molar-refractivity contribution in [2.45, 2.75) is 0 Å². The molecule has 9 heteroatoms. The van der Waals surface area contributed by atoms with E-state index in [2.05, 4.69) is 15.3 Å². The van der Waals surface area contributed by atoms with Crippen LogP contribution in [-0.2, 0) is 0 Å². The summed E-state index contributed by atoms with van der Waals surface area (Å²) in [5.41, 5.74) is 1.17. The van der Waals surface area contributed by atoms with Gasteiger partial charge in [0.05, 0.1) is 33.0 Å². The highest BCUT2D eigenvalue weighted by atomic mass is 32.1. The highest BCUT2D eigenvalue weighted by Gasteiger charge is 2.19. The lowest BCUT2D eigenvalue weighted by molar-refractivity contribution is -0.383. The van der Waals surface area contributed by atoms with E-state index < -0.39 is 4.92 Å². The van der Waals surface area contributed by atoms with Gasteiger partial charge in [-0.05, 0) is 12.1 Å². The van der Waals surface area contributed by atoms with Gasteiger partial charge in [0.2, 0.25) is 0 Å². The van der Waals surface area contributed by atoms with Gasteiger partial charge in [0.25, 0.3) is 5.69 Å². The lowest BCUT2D eigenvalue weighted by Crippen LogP contribution is -1.92. The van der Waals surface area contributed by atoms with Gasteiger partial charge < -0.3 is 10.1 Å². The molecule has 0 aliphatic rings. The van der Waals surface area contributed by atoms with E-state index in [1.54, 1.807) is 6.07 Å². The van der Waals surface area contributed by atoms with Crippen molar-refractivity contribution < 1.29 is 9.66 Å². The van der Waals surface area contributed by atoms with E-state index in [0.717, 1.165) is 10.2 Å². The molecule has 24 heavy (non-hydrogen) atoms. The molecule has 1 N–H and O–H groups in total. The number of hydrogen-bond donors (Lipinski definition) is 1. The van der Waals surface area contributed by atoms with Gasteiger partial charge in [0, 0.05) is 6.07 Å². The van der Waals surface area contributed by atoms with Crippen LogP contribution in [0.25, 0.3) is 20.4 Å². The first-order chi connectivity index (χ1) is 11.6. The number of fused-ring (bicyclic) bond motifs is 2. The molecule has 0 spiro atoms. The highest BCUT2D eigenvalue weighted by molar-refractivity contribution is 7.24. The minimum Gasteiger partial charge on any atom is -0.496 e. The number of non-ortho nitro benzene ring substituents is 1. The molecule has 0 fully saturated rings. The molecular weight excluding hydrogens is 348 g/mol. The van der Waals surface area contributed by atoms with E-state index in [4.69, 9.17) is 4.74 Å². The summed E-state index contributed by atoms with van der Waals surface area (Å²) in [5.74, 6) is 0.435. The van der Waals surface area contributed by atoms with Crippen LogP contribution < -0.4 is 10.1 Å². The number of nitro benzene ring substituents is 1. The number of nitrogens with one attached hydrogen (secondary N) is 1. The lowest BCUT2D eigenvalue weighted by Gasteiger charge is -1.99. The van der Waals surface area contributed by atoms with Crippen molar-refractivity contribution in [1.29, 1.82) is 0 Å². The van der Waals surface area contributed by atoms with Crippen molar-refractivity contribution in [3.8, 4) is 5.75 Å². The van der Waals surface area contributed by atoms with E-state index in [1.165, 1.54) is 35.8 Å². The normalized spacial score (nSPS) is 11.0. The predicted molar refractivity (Wildman–Crippen MR) is 95.7 cm³/mol. The average molecular weight is 358 g/mol. The third-order valence-electron chi connectivity index (χ3n) is 3.39. The summed E-state index contributed by atoms with van der Waals surface area (Å²) in [6.07, 6.45) is 0. The molecule has 2 heterocycles. The van der Waals surface area contributed by atoms with Crippen LogP contribution in [0.2, 0.25) is 0 Å². The topological polar surface area (TPSA) is 90.2 Å². The Morgan fingerprint density at radius 2 is 1.88 bits per heavy atom. The summed E-state index contributed by atoms with van der Waals surface area (Å²) >= 11 is 2.83. The van der Waals surface area contributed by atoms with E-state index in [9.17, 15) is 10.1 Å². The van der Waals surface area contributed by atoms with Crippen molar-refractivity contribution in [2.75, 3.05) is 12.4 Å². The van der Waals surface area contributed by atoms with Crippen molar-refractivity contribution in [3.05, 3.63) is 46.5 Å². The standard InChI is InChI=1S/C15H10N4O3S2/c1-22-8-6-10(19(20)21)13-12(7-8)24-15(17-13)18-14-16-9-4-2-3-5-11(9)23-14/h2-7H,1H3,(H,16,17,18). The number of rotatable bonds is 4. The number of para-hydroxylation sites is 1. The minimum atomic E-state index is -0.452. The van der Waals surface area contributed by atoms with Gasteiger partial charge in [-0.25, -0.2) is 9.97 Å². The maximum Gasteiger partial charge on any atom is 0.300 e. The van der Waals surface area contributed by atoms with Gasteiger partial charge >= 0.3 is 0 Å². The van der Waals surface area contributed by atoms with Crippen molar-refractivity contribution >= 4 is 59.1 Å². The minimum absolute atomic E-state index is 0.0713. The van der Waals surface area contributed by atoms with E-state index >= 15 is 0 Å². The molecule has 120 valence electrons. The molecule has 0 saturated heterocycles. The number of nitro groups is 1.